The van der Waals surface area contributed by atoms with Crippen molar-refractivity contribution in [3.8, 4) is 0 Å². The van der Waals surface area contributed by atoms with E-state index in [1.54, 1.807) is 6.07 Å². The van der Waals surface area contributed by atoms with Crippen molar-refractivity contribution in [1.29, 1.82) is 0 Å². The van der Waals surface area contributed by atoms with E-state index in [2.05, 4.69) is 30.7 Å². The van der Waals surface area contributed by atoms with Crippen LogP contribution in [0, 0.1) is 0 Å². The molecule has 8 heteroatoms. The molecule has 0 spiro atoms. The van der Waals surface area contributed by atoms with E-state index in [4.69, 9.17) is 4.52 Å². The Hall–Kier alpha value is -2.38. The Labute approximate surface area is 111 Å². The maximum atomic E-state index is 4.76. The number of anilines is 3. The molecule has 0 amide bonds. The highest BCUT2D eigenvalue weighted by Crippen LogP contribution is 2.11. The highest BCUT2D eigenvalue weighted by molar-refractivity contribution is 5.42. The number of hydrogen-bond donors (Lipinski definition) is 2. The molecular weight excluding hydrogens is 246 g/mol. The molecule has 19 heavy (non-hydrogen) atoms. The van der Waals surface area contributed by atoms with Crippen LogP contribution in [-0.2, 0) is 6.54 Å². The Kier molecular flexibility index (Phi) is 4.11. The van der Waals surface area contributed by atoms with Crippen LogP contribution in [0.2, 0.25) is 0 Å². The van der Waals surface area contributed by atoms with Gasteiger partial charge < -0.3 is 20.1 Å². The molecule has 2 aromatic heterocycles. The van der Waals surface area contributed by atoms with Crippen molar-refractivity contribution < 1.29 is 4.52 Å². The van der Waals surface area contributed by atoms with Gasteiger partial charge in [0.25, 0.3) is 0 Å². The van der Waals surface area contributed by atoms with Gasteiger partial charge in [-0.3, -0.25) is 0 Å². The molecule has 0 radical (unpaired) electrons. The average molecular weight is 263 g/mol. The van der Waals surface area contributed by atoms with E-state index < -0.39 is 0 Å². The first kappa shape index (κ1) is 13.1. The molecule has 0 fully saturated rings. The van der Waals surface area contributed by atoms with Gasteiger partial charge in [-0.2, -0.15) is 15.0 Å². The maximum absolute atomic E-state index is 4.76. The Morgan fingerprint density at radius 3 is 2.47 bits per heavy atom. The molecule has 2 rings (SSSR count). The minimum absolute atomic E-state index is 0.498. The number of aromatic nitrogens is 4. The van der Waals surface area contributed by atoms with E-state index in [9.17, 15) is 0 Å². The summed E-state index contributed by atoms with van der Waals surface area (Å²) in [6.45, 7) is 3.24. The lowest BCUT2D eigenvalue weighted by Gasteiger charge is -2.13. The molecule has 0 unspecified atom stereocenters. The fourth-order valence-electron chi connectivity index (χ4n) is 1.38. The third-order valence-electron chi connectivity index (χ3n) is 2.28. The van der Waals surface area contributed by atoms with Crippen molar-refractivity contribution in [2.45, 2.75) is 13.5 Å². The first-order valence-corrected chi connectivity index (χ1v) is 5.99. The van der Waals surface area contributed by atoms with E-state index >= 15 is 0 Å². The molecule has 102 valence electrons. The second-order valence-electron chi connectivity index (χ2n) is 4.05. The maximum Gasteiger partial charge on any atom is 0.231 e. The fraction of sp³-hybridized carbons (Fsp3) is 0.455. The zero-order valence-electron chi connectivity index (χ0n) is 11.2. The summed E-state index contributed by atoms with van der Waals surface area (Å²) in [6.07, 6.45) is 1.53. The fourth-order valence-corrected chi connectivity index (χ4v) is 1.38. The average Bonchev–Trinajstić information content (AvgIpc) is 2.89. The van der Waals surface area contributed by atoms with E-state index in [1.165, 1.54) is 6.26 Å². The van der Waals surface area contributed by atoms with Gasteiger partial charge in [-0.1, -0.05) is 5.16 Å². The van der Waals surface area contributed by atoms with Crippen molar-refractivity contribution in [3.05, 3.63) is 18.0 Å². The van der Waals surface area contributed by atoms with Gasteiger partial charge in [-0.05, 0) is 6.92 Å². The first-order chi connectivity index (χ1) is 9.19. The minimum Gasteiger partial charge on any atom is -0.364 e. The van der Waals surface area contributed by atoms with Gasteiger partial charge in [-0.15, -0.1) is 0 Å². The standard InChI is InChI=1S/C11H17N7O/c1-4-12-9-14-10(16-11(15-9)18(2)3)13-7-8-5-6-19-17-8/h5-6H,4,7H2,1-3H3,(H2,12,13,14,15,16). The molecule has 2 heterocycles. The summed E-state index contributed by atoms with van der Waals surface area (Å²) in [6, 6.07) is 1.78. The van der Waals surface area contributed by atoms with Crippen molar-refractivity contribution in [1.82, 2.24) is 20.1 Å². The summed E-state index contributed by atoms with van der Waals surface area (Å²) in [5.74, 6) is 1.63. The minimum atomic E-state index is 0.498. The zero-order chi connectivity index (χ0) is 13.7. The van der Waals surface area contributed by atoms with Crippen LogP contribution in [0.4, 0.5) is 17.8 Å². The van der Waals surface area contributed by atoms with Gasteiger partial charge in [0.15, 0.2) is 0 Å². The molecule has 8 nitrogen and oxygen atoms in total. The molecule has 0 aliphatic rings. The van der Waals surface area contributed by atoms with Crippen molar-refractivity contribution in [2.75, 3.05) is 36.2 Å². The van der Waals surface area contributed by atoms with E-state index in [0.717, 1.165) is 12.2 Å². The summed E-state index contributed by atoms with van der Waals surface area (Å²) < 4.78 is 4.76. The van der Waals surface area contributed by atoms with Crippen molar-refractivity contribution >= 4 is 17.8 Å². The van der Waals surface area contributed by atoms with Crippen LogP contribution >= 0.6 is 0 Å². The Morgan fingerprint density at radius 2 is 1.89 bits per heavy atom. The molecular formula is C11H17N7O. The summed E-state index contributed by atoms with van der Waals surface area (Å²) in [5, 5.41) is 9.98. The predicted molar refractivity (Wildman–Crippen MR) is 72.1 cm³/mol. The van der Waals surface area contributed by atoms with Gasteiger partial charge in [-0.25, -0.2) is 0 Å². The van der Waals surface area contributed by atoms with Gasteiger partial charge in [0.05, 0.1) is 6.54 Å². The van der Waals surface area contributed by atoms with Gasteiger partial charge in [0, 0.05) is 26.7 Å². The Bertz CT molecular complexity index is 512. The highest BCUT2D eigenvalue weighted by atomic mass is 16.5. The van der Waals surface area contributed by atoms with Crippen LogP contribution in [0.3, 0.4) is 0 Å². The van der Waals surface area contributed by atoms with Crippen LogP contribution in [0.1, 0.15) is 12.6 Å². The number of nitrogens with zero attached hydrogens (tertiary/aromatic N) is 5. The molecule has 0 aliphatic carbocycles. The van der Waals surface area contributed by atoms with Crippen LogP contribution in [0.15, 0.2) is 16.9 Å². The molecule has 0 bridgehead atoms. The SMILES string of the molecule is CCNc1nc(NCc2ccon2)nc(N(C)C)n1. The van der Waals surface area contributed by atoms with Crippen LogP contribution in [-0.4, -0.2) is 40.7 Å². The lowest BCUT2D eigenvalue weighted by atomic mass is 10.4. The van der Waals surface area contributed by atoms with Crippen LogP contribution in [0.25, 0.3) is 0 Å². The molecule has 0 saturated carbocycles. The van der Waals surface area contributed by atoms with E-state index in [-0.39, 0.29) is 0 Å². The number of rotatable bonds is 6. The third kappa shape index (κ3) is 3.54. The second-order valence-corrected chi connectivity index (χ2v) is 4.05. The molecule has 2 N–H and O–H groups in total. The van der Waals surface area contributed by atoms with Crippen molar-refractivity contribution in [2.24, 2.45) is 0 Å². The normalized spacial score (nSPS) is 10.3. The Balaban J connectivity index is 2.13. The zero-order valence-corrected chi connectivity index (χ0v) is 11.2. The topological polar surface area (TPSA) is 92.0 Å². The predicted octanol–water partition coefficient (Wildman–Crippen LogP) is 0.969. The van der Waals surface area contributed by atoms with Gasteiger partial charge in [0.2, 0.25) is 17.8 Å². The number of hydrogen-bond acceptors (Lipinski definition) is 8. The second kappa shape index (κ2) is 5.98. The Morgan fingerprint density at radius 1 is 1.16 bits per heavy atom. The summed E-state index contributed by atoms with van der Waals surface area (Å²) >= 11 is 0. The third-order valence-corrected chi connectivity index (χ3v) is 2.28. The largest absolute Gasteiger partial charge is 0.364 e. The van der Waals surface area contributed by atoms with E-state index in [0.29, 0.717) is 24.4 Å². The molecule has 0 aliphatic heterocycles. The van der Waals surface area contributed by atoms with Gasteiger partial charge >= 0.3 is 0 Å². The quantitative estimate of drug-likeness (QED) is 0.796. The van der Waals surface area contributed by atoms with Crippen LogP contribution < -0.4 is 15.5 Å². The summed E-state index contributed by atoms with van der Waals surface area (Å²) in [5.41, 5.74) is 0.789. The molecule has 0 atom stereocenters. The smallest absolute Gasteiger partial charge is 0.231 e. The lowest BCUT2D eigenvalue weighted by molar-refractivity contribution is 0.412. The first-order valence-electron chi connectivity index (χ1n) is 5.99. The molecule has 0 aromatic carbocycles. The van der Waals surface area contributed by atoms with Crippen molar-refractivity contribution in [3.63, 3.8) is 0 Å². The monoisotopic (exact) mass is 263 g/mol. The van der Waals surface area contributed by atoms with Crippen LogP contribution in [0.5, 0.6) is 0 Å². The lowest BCUT2D eigenvalue weighted by Crippen LogP contribution is -2.17. The highest BCUT2D eigenvalue weighted by Gasteiger charge is 2.07. The summed E-state index contributed by atoms with van der Waals surface area (Å²) in [7, 11) is 3.76. The van der Waals surface area contributed by atoms with E-state index in [1.807, 2.05) is 25.9 Å². The summed E-state index contributed by atoms with van der Waals surface area (Å²) in [4.78, 5) is 14.7. The van der Waals surface area contributed by atoms with Gasteiger partial charge in [0.1, 0.15) is 12.0 Å². The molecule has 0 saturated heterocycles. The number of nitrogens with one attached hydrogen (secondary N) is 2. The molecule has 2 aromatic rings.